The standard InChI is InChI=1S/C25H40Cl3N3O2S/c1-3-4-5-6-7-8-9-10-11-12-13-14-15-22(32)30-23(25(26,27)28)31-24(34)29-20-16-18-21(33-2)19-17-20/h16-19,23H,3-15H2,1-2H3,(H,30,32)(H2,29,31,34). The number of rotatable bonds is 17. The number of halogens is 3. The minimum Gasteiger partial charge on any atom is -0.497 e. The van der Waals surface area contributed by atoms with Gasteiger partial charge < -0.3 is 20.7 Å². The number of benzene rings is 1. The fourth-order valence-corrected chi connectivity index (χ4v) is 4.10. The maximum atomic E-state index is 12.4. The zero-order valence-corrected chi connectivity index (χ0v) is 23.5. The van der Waals surface area contributed by atoms with Gasteiger partial charge in [-0.05, 0) is 42.9 Å². The molecule has 0 spiro atoms. The molecule has 0 aliphatic rings. The zero-order valence-electron chi connectivity index (χ0n) is 20.4. The Hall–Kier alpha value is -0.950. The van der Waals surface area contributed by atoms with Crippen LogP contribution in [0.3, 0.4) is 0 Å². The topological polar surface area (TPSA) is 62.4 Å². The van der Waals surface area contributed by atoms with Crippen LogP contribution in [-0.2, 0) is 4.79 Å². The summed E-state index contributed by atoms with van der Waals surface area (Å²) < 4.78 is 3.37. The van der Waals surface area contributed by atoms with Gasteiger partial charge in [-0.1, -0.05) is 112 Å². The van der Waals surface area contributed by atoms with Crippen LogP contribution in [0.1, 0.15) is 90.4 Å². The van der Waals surface area contributed by atoms with E-state index >= 15 is 0 Å². The van der Waals surface area contributed by atoms with E-state index in [2.05, 4.69) is 22.9 Å². The van der Waals surface area contributed by atoms with Crippen LogP contribution in [0.15, 0.2) is 24.3 Å². The van der Waals surface area contributed by atoms with E-state index in [9.17, 15) is 4.79 Å². The Balaban J connectivity index is 2.24. The highest BCUT2D eigenvalue weighted by Gasteiger charge is 2.34. The molecule has 0 saturated heterocycles. The molecule has 0 aliphatic heterocycles. The monoisotopic (exact) mass is 551 g/mol. The second-order valence-electron chi connectivity index (χ2n) is 8.51. The molecular weight excluding hydrogens is 513 g/mol. The van der Waals surface area contributed by atoms with E-state index in [1.54, 1.807) is 19.2 Å². The van der Waals surface area contributed by atoms with E-state index in [-0.39, 0.29) is 11.0 Å². The maximum absolute atomic E-state index is 12.4. The fraction of sp³-hybridized carbons (Fsp3) is 0.680. The van der Waals surface area contributed by atoms with Crippen molar-refractivity contribution < 1.29 is 9.53 Å². The van der Waals surface area contributed by atoms with Crippen molar-refractivity contribution in [1.29, 1.82) is 0 Å². The summed E-state index contributed by atoms with van der Waals surface area (Å²) in [6.45, 7) is 2.25. The third kappa shape index (κ3) is 15.1. The van der Waals surface area contributed by atoms with Gasteiger partial charge in [0.1, 0.15) is 11.9 Å². The lowest BCUT2D eigenvalue weighted by atomic mass is 10.0. The van der Waals surface area contributed by atoms with E-state index in [1.165, 1.54) is 57.8 Å². The third-order valence-corrected chi connectivity index (χ3v) is 6.39. The molecule has 1 atom stereocenters. The van der Waals surface area contributed by atoms with Crippen LogP contribution in [0.5, 0.6) is 5.75 Å². The highest BCUT2D eigenvalue weighted by molar-refractivity contribution is 7.80. The predicted molar refractivity (Wildman–Crippen MR) is 150 cm³/mol. The second kappa shape index (κ2) is 18.3. The number of unbranched alkanes of at least 4 members (excludes halogenated alkanes) is 11. The third-order valence-electron chi connectivity index (χ3n) is 5.51. The fourth-order valence-electron chi connectivity index (χ4n) is 3.53. The Morgan fingerprint density at radius 1 is 0.882 bits per heavy atom. The van der Waals surface area contributed by atoms with Crippen LogP contribution in [0.25, 0.3) is 0 Å². The largest absolute Gasteiger partial charge is 0.497 e. The van der Waals surface area contributed by atoms with Crippen molar-refractivity contribution in [2.45, 2.75) is 100 Å². The van der Waals surface area contributed by atoms with Crippen molar-refractivity contribution in [3.8, 4) is 5.75 Å². The van der Waals surface area contributed by atoms with Gasteiger partial charge in [-0.3, -0.25) is 4.79 Å². The minimum atomic E-state index is -1.77. The van der Waals surface area contributed by atoms with Gasteiger partial charge in [-0.15, -0.1) is 0 Å². The smallest absolute Gasteiger partial charge is 0.228 e. The van der Waals surface area contributed by atoms with Crippen LogP contribution < -0.4 is 20.7 Å². The summed E-state index contributed by atoms with van der Waals surface area (Å²) >= 11 is 23.5. The second-order valence-corrected chi connectivity index (χ2v) is 11.3. The molecule has 0 radical (unpaired) electrons. The van der Waals surface area contributed by atoms with Gasteiger partial charge in [0.05, 0.1) is 7.11 Å². The number of thiocarbonyl (C=S) groups is 1. The Bertz CT molecular complexity index is 700. The van der Waals surface area contributed by atoms with Gasteiger partial charge in [-0.25, -0.2) is 0 Å². The number of ether oxygens (including phenoxy) is 1. The first-order chi connectivity index (χ1) is 16.3. The van der Waals surface area contributed by atoms with Crippen LogP contribution in [-0.4, -0.2) is 28.1 Å². The van der Waals surface area contributed by atoms with Crippen LogP contribution in [0.2, 0.25) is 0 Å². The van der Waals surface area contributed by atoms with Crippen molar-refractivity contribution in [2.24, 2.45) is 0 Å². The lowest BCUT2D eigenvalue weighted by Gasteiger charge is -2.27. The number of nitrogens with one attached hydrogen (secondary N) is 3. The first kappa shape index (κ1) is 31.1. The summed E-state index contributed by atoms with van der Waals surface area (Å²) in [6.07, 6.45) is 14.3. The van der Waals surface area contributed by atoms with Crippen LogP contribution >= 0.6 is 47.0 Å². The molecular formula is C25H40Cl3N3O2S. The molecule has 0 aliphatic carbocycles. The minimum absolute atomic E-state index is 0.178. The van der Waals surface area contributed by atoms with Gasteiger partial charge in [0, 0.05) is 12.1 Å². The summed E-state index contributed by atoms with van der Waals surface area (Å²) in [5.41, 5.74) is 0.740. The van der Waals surface area contributed by atoms with E-state index in [0.717, 1.165) is 30.7 Å². The van der Waals surface area contributed by atoms with Crippen molar-refractivity contribution in [3.63, 3.8) is 0 Å². The summed E-state index contributed by atoms with van der Waals surface area (Å²) in [7, 11) is 1.60. The molecule has 0 heterocycles. The van der Waals surface area contributed by atoms with E-state index in [0.29, 0.717) is 6.42 Å². The molecule has 0 bridgehead atoms. The highest BCUT2D eigenvalue weighted by Crippen LogP contribution is 2.29. The van der Waals surface area contributed by atoms with Gasteiger partial charge in [0.2, 0.25) is 9.70 Å². The van der Waals surface area contributed by atoms with Crippen molar-refractivity contribution in [2.75, 3.05) is 12.4 Å². The van der Waals surface area contributed by atoms with Gasteiger partial charge in [0.25, 0.3) is 0 Å². The van der Waals surface area contributed by atoms with Crippen LogP contribution in [0.4, 0.5) is 5.69 Å². The van der Waals surface area contributed by atoms with E-state index in [4.69, 9.17) is 51.8 Å². The lowest BCUT2D eigenvalue weighted by molar-refractivity contribution is -0.122. The number of amides is 1. The van der Waals surface area contributed by atoms with Crippen LogP contribution in [0, 0.1) is 0 Å². The lowest BCUT2D eigenvalue weighted by Crippen LogP contribution is -2.56. The highest BCUT2D eigenvalue weighted by atomic mass is 35.6. The number of hydrogen-bond donors (Lipinski definition) is 3. The van der Waals surface area contributed by atoms with Gasteiger partial charge in [0.15, 0.2) is 5.11 Å². The molecule has 34 heavy (non-hydrogen) atoms. The molecule has 3 N–H and O–H groups in total. The summed E-state index contributed by atoms with van der Waals surface area (Å²) in [5.74, 6) is 0.553. The summed E-state index contributed by atoms with van der Waals surface area (Å²) in [5, 5.41) is 8.84. The first-order valence-corrected chi connectivity index (χ1v) is 13.9. The Labute approximate surface area is 226 Å². The Morgan fingerprint density at radius 2 is 1.38 bits per heavy atom. The molecule has 1 aromatic rings. The molecule has 1 unspecified atom stereocenters. The average molecular weight is 553 g/mol. The van der Waals surface area contributed by atoms with Gasteiger partial charge in [-0.2, -0.15) is 0 Å². The first-order valence-electron chi connectivity index (χ1n) is 12.3. The van der Waals surface area contributed by atoms with E-state index in [1.807, 2.05) is 12.1 Å². The van der Waals surface area contributed by atoms with Gasteiger partial charge >= 0.3 is 0 Å². The predicted octanol–water partition coefficient (Wildman–Crippen LogP) is 7.89. The molecule has 194 valence electrons. The number of carbonyl (C=O) groups is 1. The quantitative estimate of drug-likeness (QED) is 0.0794. The van der Waals surface area contributed by atoms with E-state index < -0.39 is 9.96 Å². The van der Waals surface area contributed by atoms with Crippen molar-refractivity contribution in [1.82, 2.24) is 10.6 Å². The van der Waals surface area contributed by atoms with Crippen molar-refractivity contribution in [3.05, 3.63) is 24.3 Å². The average Bonchev–Trinajstić information content (AvgIpc) is 2.79. The Morgan fingerprint density at radius 3 is 1.85 bits per heavy atom. The molecule has 0 aromatic heterocycles. The molecule has 0 saturated carbocycles. The number of anilines is 1. The normalized spacial score (nSPS) is 12.1. The molecule has 1 aromatic carbocycles. The zero-order chi connectivity index (χ0) is 25.2. The number of alkyl halides is 3. The maximum Gasteiger partial charge on any atom is 0.228 e. The van der Waals surface area contributed by atoms with Crippen molar-refractivity contribution >= 4 is 63.7 Å². The number of carbonyl (C=O) groups excluding carboxylic acids is 1. The number of methoxy groups -OCH3 is 1. The summed E-state index contributed by atoms with van der Waals surface area (Å²) in [6, 6.07) is 7.22. The number of hydrogen-bond acceptors (Lipinski definition) is 3. The molecule has 9 heteroatoms. The molecule has 5 nitrogen and oxygen atoms in total. The summed E-state index contributed by atoms with van der Waals surface area (Å²) in [4.78, 5) is 12.4. The SMILES string of the molecule is CCCCCCCCCCCCCCC(=O)NC(NC(=S)Nc1ccc(OC)cc1)C(Cl)(Cl)Cl. The Kier molecular flexibility index (Phi) is 16.8. The molecule has 1 amide bonds. The molecule has 0 fully saturated rings. The molecule has 1 rings (SSSR count).